The van der Waals surface area contributed by atoms with Crippen molar-refractivity contribution in [1.29, 1.82) is 0 Å². The molecule has 0 aliphatic rings. The number of benzene rings is 1. The zero-order valence-electron chi connectivity index (χ0n) is 16.6. The third-order valence-electron chi connectivity index (χ3n) is 4.40. The van der Waals surface area contributed by atoms with E-state index >= 15 is 0 Å². The molecule has 5 nitrogen and oxygen atoms in total. The van der Waals surface area contributed by atoms with Gasteiger partial charge in [0.1, 0.15) is 5.75 Å². The van der Waals surface area contributed by atoms with Crippen molar-refractivity contribution in [1.82, 2.24) is 9.99 Å². The van der Waals surface area contributed by atoms with Gasteiger partial charge in [-0.3, -0.25) is 4.79 Å². The van der Waals surface area contributed by atoms with Gasteiger partial charge in [0.25, 0.3) is 5.91 Å². The highest BCUT2D eigenvalue weighted by Crippen LogP contribution is 2.16. The normalized spacial score (nSPS) is 11.3. The number of aryl methyl sites for hydroxylation is 3. The first kappa shape index (κ1) is 19.8. The van der Waals surface area contributed by atoms with Crippen LogP contribution in [0, 0.1) is 33.6 Å². The number of ether oxygens (including phenoxy) is 1. The standard InChI is InChI=1S/C21H29N3O2/c1-14(2)12-24-17(5)10-19(18(24)6)11-22-23-21(25)13-26-20-8-7-15(3)16(4)9-20/h7-11,14H,12-13H2,1-6H3,(H,23,25)/b22-11-. The maximum Gasteiger partial charge on any atom is 0.277 e. The molecule has 0 bridgehead atoms. The van der Waals surface area contributed by atoms with Gasteiger partial charge in [-0.05, 0) is 62.9 Å². The second-order valence-electron chi connectivity index (χ2n) is 7.16. The molecule has 0 saturated heterocycles. The van der Waals surface area contributed by atoms with Crippen molar-refractivity contribution in [2.24, 2.45) is 11.0 Å². The fraction of sp³-hybridized carbons (Fsp3) is 0.429. The Hall–Kier alpha value is -2.56. The van der Waals surface area contributed by atoms with Crippen molar-refractivity contribution < 1.29 is 9.53 Å². The molecule has 0 aliphatic heterocycles. The van der Waals surface area contributed by atoms with Gasteiger partial charge in [-0.1, -0.05) is 19.9 Å². The quantitative estimate of drug-likeness (QED) is 0.605. The summed E-state index contributed by atoms with van der Waals surface area (Å²) in [6.07, 6.45) is 1.69. The number of nitrogens with one attached hydrogen (secondary N) is 1. The molecule has 0 spiro atoms. The van der Waals surface area contributed by atoms with E-state index in [1.165, 1.54) is 11.3 Å². The fourth-order valence-electron chi connectivity index (χ4n) is 2.76. The van der Waals surface area contributed by atoms with Crippen molar-refractivity contribution >= 4 is 12.1 Å². The topological polar surface area (TPSA) is 55.6 Å². The summed E-state index contributed by atoms with van der Waals surface area (Å²) in [5, 5.41) is 4.06. The van der Waals surface area contributed by atoms with Crippen molar-refractivity contribution in [2.75, 3.05) is 6.61 Å². The number of carbonyl (C=O) groups excluding carboxylic acids is 1. The van der Waals surface area contributed by atoms with E-state index in [9.17, 15) is 4.79 Å². The minimum Gasteiger partial charge on any atom is -0.484 e. The maximum atomic E-state index is 11.9. The fourth-order valence-corrected chi connectivity index (χ4v) is 2.76. The van der Waals surface area contributed by atoms with Gasteiger partial charge in [0, 0.05) is 23.5 Å². The number of aromatic nitrogens is 1. The van der Waals surface area contributed by atoms with Crippen LogP contribution in [0.15, 0.2) is 29.4 Å². The Balaban J connectivity index is 1.89. The summed E-state index contributed by atoms with van der Waals surface area (Å²) in [4.78, 5) is 11.9. The molecule has 0 saturated carbocycles. The Bertz CT molecular complexity index is 804. The summed E-state index contributed by atoms with van der Waals surface area (Å²) in [6, 6.07) is 7.85. The highest BCUT2D eigenvalue weighted by atomic mass is 16.5. The van der Waals surface area contributed by atoms with Gasteiger partial charge in [0.2, 0.25) is 0 Å². The van der Waals surface area contributed by atoms with Gasteiger partial charge < -0.3 is 9.30 Å². The molecule has 0 unspecified atom stereocenters. The number of amides is 1. The van der Waals surface area contributed by atoms with Crippen LogP contribution in [0.3, 0.4) is 0 Å². The summed E-state index contributed by atoms with van der Waals surface area (Å²) in [6.45, 7) is 13.5. The Morgan fingerprint density at radius 1 is 1.19 bits per heavy atom. The van der Waals surface area contributed by atoms with Crippen LogP contribution >= 0.6 is 0 Å². The summed E-state index contributed by atoms with van der Waals surface area (Å²) in [7, 11) is 0. The zero-order chi connectivity index (χ0) is 19.3. The number of rotatable bonds is 7. The van der Waals surface area contributed by atoms with Gasteiger partial charge >= 0.3 is 0 Å². The molecular formula is C21H29N3O2. The molecule has 0 atom stereocenters. The van der Waals surface area contributed by atoms with E-state index in [1.54, 1.807) is 6.21 Å². The predicted molar refractivity (Wildman–Crippen MR) is 106 cm³/mol. The summed E-state index contributed by atoms with van der Waals surface area (Å²) in [5.41, 5.74) is 8.22. The average Bonchev–Trinajstić information content (AvgIpc) is 2.83. The van der Waals surface area contributed by atoms with Crippen molar-refractivity contribution in [3.05, 3.63) is 52.3 Å². The van der Waals surface area contributed by atoms with E-state index in [-0.39, 0.29) is 12.5 Å². The van der Waals surface area contributed by atoms with Crippen LogP contribution in [0.1, 0.15) is 41.9 Å². The summed E-state index contributed by atoms with van der Waals surface area (Å²) in [5.74, 6) is 0.978. The predicted octanol–water partition coefficient (Wildman–Crippen LogP) is 3.91. The number of nitrogens with zero attached hydrogens (tertiary/aromatic N) is 2. The first-order chi connectivity index (χ1) is 12.3. The van der Waals surface area contributed by atoms with E-state index in [0.717, 1.165) is 23.4 Å². The molecule has 2 aromatic rings. The lowest BCUT2D eigenvalue weighted by molar-refractivity contribution is -0.123. The van der Waals surface area contributed by atoms with Gasteiger partial charge in [0.15, 0.2) is 6.61 Å². The Morgan fingerprint density at radius 3 is 2.58 bits per heavy atom. The SMILES string of the molecule is Cc1ccc(OCC(=O)N/N=C\c2cc(C)n(CC(C)C)c2C)cc1C. The van der Waals surface area contributed by atoms with E-state index in [4.69, 9.17) is 4.74 Å². The molecule has 140 valence electrons. The van der Waals surface area contributed by atoms with Gasteiger partial charge in [-0.15, -0.1) is 0 Å². The largest absolute Gasteiger partial charge is 0.484 e. The molecule has 1 aromatic heterocycles. The van der Waals surface area contributed by atoms with E-state index < -0.39 is 0 Å². The molecule has 1 heterocycles. The average molecular weight is 355 g/mol. The van der Waals surface area contributed by atoms with Crippen LogP contribution in [-0.2, 0) is 11.3 Å². The Labute approximate surface area is 156 Å². The Morgan fingerprint density at radius 2 is 1.92 bits per heavy atom. The molecule has 0 radical (unpaired) electrons. The van der Waals surface area contributed by atoms with Crippen LogP contribution in [0.4, 0.5) is 0 Å². The molecule has 0 aliphatic carbocycles. The highest BCUT2D eigenvalue weighted by Gasteiger charge is 2.09. The summed E-state index contributed by atoms with van der Waals surface area (Å²) < 4.78 is 7.78. The molecule has 1 N–H and O–H groups in total. The van der Waals surface area contributed by atoms with Crippen molar-refractivity contribution in [2.45, 2.75) is 48.1 Å². The summed E-state index contributed by atoms with van der Waals surface area (Å²) >= 11 is 0. The number of hydrogen-bond donors (Lipinski definition) is 1. The van der Waals surface area contributed by atoms with Crippen LogP contribution in [0.2, 0.25) is 0 Å². The second-order valence-corrected chi connectivity index (χ2v) is 7.16. The smallest absolute Gasteiger partial charge is 0.277 e. The first-order valence-corrected chi connectivity index (χ1v) is 8.96. The molecule has 2 rings (SSSR count). The Kier molecular flexibility index (Phi) is 6.61. The van der Waals surface area contributed by atoms with Crippen molar-refractivity contribution in [3.63, 3.8) is 0 Å². The minimum absolute atomic E-state index is 0.0633. The van der Waals surface area contributed by atoms with E-state index in [2.05, 4.69) is 48.9 Å². The molecule has 1 aromatic carbocycles. The van der Waals surface area contributed by atoms with E-state index in [1.807, 2.05) is 32.0 Å². The molecule has 5 heteroatoms. The molecular weight excluding hydrogens is 326 g/mol. The van der Waals surface area contributed by atoms with Crippen LogP contribution in [0.25, 0.3) is 0 Å². The minimum atomic E-state index is -0.282. The lowest BCUT2D eigenvalue weighted by Crippen LogP contribution is -2.24. The molecule has 26 heavy (non-hydrogen) atoms. The molecule has 0 fully saturated rings. The third-order valence-corrected chi connectivity index (χ3v) is 4.40. The highest BCUT2D eigenvalue weighted by molar-refractivity contribution is 5.84. The first-order valence-electron chi connectivity index (χ1n) is 8.96. The number of hydrazone groups is 1. The monoisotopic (exact) mass is 355 g/mol. The van der Waals surface area contributed by atoms with Gasteiger partial charge in [-0.25, -0.2) is 5.43 Å². The van der Waals surface area contributed by atoms with Crippen LogP contribution in [0.5, 0.6) is 5.75 Å². The van der Waals surface area contributed by atoms with E-state index in [0.29, 0.717) is 11.7 Å². The van der Waals surface area contributed by atoms with Crippen LogP contribution < -0.4 is 10.2 Å². The lowest BCUT2D eigenvalue weighted by Gasteiger charge is -2.11. The number of hydrogen-bond acceptors (Lipinski definition) is 3. The van der Waals surface area contributed by atoms with Crippen LogP contribution in [-0.4, -0.2) is 23.3 Å². The third kappa shape index (κ3) is 5.22. The van der Waals surface area contributed by atoms with Crippen molar-refractivity contribution in [3.8, 4) is 5.75 Å². The lowest BCUT2D eigenvalue weighted by atomic mass is 10.1. The maximum absolute atomic E-state index is 11.9. The van der Waals surface area contributed by atoms with Gasteiger partial charge in [0.05, 0.1) is 6.21 Å². The second kappa shape index (κ2) is 8.70. The zero-order valence-corrected chi connectivity index (χ0v) is 16.6. The van der Waals surface area contributed by atoms with Gasteiger partial charge in [-0.2, -0.15) is 5.10 Å². The number of carbonyl (C=O) groups is 1. The molecule has 1 amide bonds.